The summed E-state index contributed by atoms with van der Waals surface area (Å²) in [6, 6.07) is 17.6. The van der Waals surface area contributed by atoms with Gasteiger partial charge in [-0.25, -0.2) is 0 Å². The zero-order valence-electron chi connectivity index (χ0n) is 12.8. The average Bonchev–Trinajstić information content (AvgIpc) is 2.51. The number of carbonyl (C=O) groups is 1. The van der Waals surface area contributed by atoms with Crippen LogP contribution in [-0.2, 0) is 11.3 Å². The van der Waals surface area contributed by atoms with Gasteiger partial charge < -0.3 is 9.64 Å². The first-order valence-electron chi connectivity index (χ1n) is 7.28. The van der Waals surface area contributed by atoms with Gasteiger partial charge in [0, 0.05) is 17.1 Å². The van der Waals surface area contributed by atoms with Crippen LogP contribution in [0.1, 0.15) is 19.4 Å². The third kappa shape index (κ3) is 4.88. The molecule has 0 saturated heterocycles. The molecule has 3 nitrogen and oxygen atoms in total. The van der Waals surface area contributed by atoms with E-state index in [1.54, 1.807) is 0 Å². The molecule has 0 heterocycles. The minimum atomic E-state index is -0.0150. The van der Waals surface area contributed by atoms with E-state index >= 15 is 0 Å². The number of nitrogens with zero attached hydrogens (tertiary/aromatic N) is 1. The van der Waals surface area contributed by atoms with Crippen molar-refractivity contribution in [2.75, 3.05) is 6.61 Å². The fraction of sp³-hybridized carbons (Fsp3) is 0.278. The highest BCUT2D eigenvalue weighted by Gasteiger charge is 2.17. The second-order valence-electron chi connectivity index (χ2n) is 5.35. The lowest BCUT2D eigenvalue weighted by Gasteiger charge is -2.27. The van der Waals surface area contributed by atoms with Crippen molar-refractivity contribution in [3.05, 3.63) is 64.6 Å². The summed E-state index contributed by atoms with van der Waals surface area (Å²) in [5.74, 6) is 0.671. The fourth-order valence-electron chi connectivity index (χ4n) is 2.12. The normalized spacial score (nSPS) is 10.5. The molecule has 0 unspecified atom stereocenters. The summed E-state index contributed by atoms with van der Waals surface area (Å²) in [5, 5.41) is 0. The molecular weight excluding hydrogens is 342 g/mol. The van der Waals surface area contributed by atoms with E-state index in [0.717, 1.165) is 10.0 Å². The van der Waals surface area contributed by atoms with Crippen LogP contribution >= 0.6 is 15.9 Å². The Labute approximate surface area is 140 Å². The molecule has 116 valence electrons. The van der Waals surface area contributed by atoms with Crippen molar-refractivity contribution in [3.8, 4) is 5.75 Å². The van der Waals surface area contributed by atoms with Crippen LogP contribution in [-0.4, -0.2) is 23.5 Å². The third-order valence-electron chi connectivity index (χ3n) is 3.30. The lowest BCUT2D eigenvalue weighted by molar-refractivity contribution is -0.135. The van der Waals surface area contributed by atoms with Gasteiger partial charge in [0.2, 0.25) is 0 Å². The number of ether oxygens (including phenoxy) is 1. The van der Waals surface area contributed by atoms with Gasteiger partial charge in [-0.05, 0) is 37.6 Å². The lowest BCUT2D eigenvalue weighted by Crippen LogP contribution is -2.39. The van der Waals surface area contributed by atoms with Crippen LogP contribution in [0.3, 0.4) is 0 Å². The second-order valence-corrected chi connectivity index (χ2v) is 6.26. The molecule has 22 heavy (non-hydrogen) atoms. The van der Waals surface area contributed by atoms with Crippen molar-refractivity contribution in [1.82, 2.24) is 4.90 Å². The standard InChI is InChI=1S/C18H20BrNO2/c1-14(2)20(12-15-7-4-3-5-8-15)18(21)13-22-17-10-6-9-16(19)11-17/h3-11,14H,12-13H2,1-2H3. The number of hydrogen-bond donors (Lipinski definition) is 0. The molecule has 0 aromatic heterocycles. The van der Waals surface area contributed by atoms with Crippen molar-refractivity contribution >= 4 is 21.8 Å². The maximum absolute atomic E-state index is 12.4. The quantitative estimate of drug-likeness (QED) is 0.768. The molecule has 0 aliphatic rings. The van der Waals surface area contributed by atoms with Crippen LogP contribution in [0, 0.1) is 0 Å². The van der Waals surface area contributed by atoms with Gasteiger partial charge in [-0.1, -0.05) is 52.3 Å². The van der Waals surface area contributed by atoms with Crippen molar-refractivity contribution < 1.29 is 9.53 Å². The predicted octanol–water partition coefficient (Wildman–Crippen LogP) is 4.27. The minimum Gasteiger partial charge on any atom is -0.484 e. The highest BCUT2D eigenvalue weighted by atomic mass is 79.9. The SMILES string of the molecule is CC(C)N(Cc1ccccc1)C(=O)COc1cccc(Br)c1. The summed E-state index contributed by atoms with van der Waals surface area (Å²) in [4.78, 5) is 14.3. The molecule has 2 rings (SSSR count). The zero-order chi connectivity index (χ0) is 15.9. The first-order chi connectivity index (χ1) is 10.6. The lowest BCUT2D eigenvalue weighted by atomic mass is 10.2. The van der Waals surface area contributed by atoms with E-state index in [-0.39, 0.29) is 18.6 Å². The summed E-state index contributed by atoms with van der Waals surface area (Å²) in [7, 11) is 0. The number of amides is 1. The van der Waals surface area contributed by atoms with Gasteiger partial charge in [0.15, 0.2) is 6.61 Å². The zero-order valence-corrected chi connectivity index (χ0v) is 14.4. The molecule has 0 fully saturated rings. The van der Waals surface area contributed by atoms with Crippen molar-refractivity contribution in [2.45, 2.75) is 26.4 Å². The second kappa shape index (κ2) is 7.99. The number of benzene rings is 2. The van der Waals surface area contributed by atoms with Crippen molar-refractivity contribution in [3.63, 3.8) is 0 Å². The fourth-order valence-corrected chi connectivity index (χ4v) is 2.50. The Morgan fingerprint density at radius 3 is 2.50 bits per heavy atom. The first kappa shape index (κ1) is 16.6. The Hall–Kier alpha value is -1.81. The van der Waals surface area contributed by atoms with Gasteiger partial charge in [-0.15, -0.1) is 0 Å². The summed E-state index contributed by atoms with van der Waals surface area (Å²) in [5.41, 5.74) is 1.12. The first-order valence-corrected chi connectivity index (χ1v) is 8.07. The largest absolute Gasteiger partial charge is 0.484 e. The molecule has 0 bridgehead atoms. The van der Waals surface area contributed by atoms with Gasteiger partial charge in [-0.2, -0.15) is 0 Å². The average molecular weight is 362 g/mol. The van der Waals surface area contributed by atoms with Crippen molar-refractivity contribution in [1.29, 1.82) is 0 Å². The summed E-state index contributed by atoms with van der Waals surface area (Å²) < 4.78 is 6.53. The number of carbonyl (C=O) groups excluding carboxylic acids is 1. The monoisotopic (exact) mass is 361 g/mol. The molecule has 0 N–H and O–H groups in total. The van der Waals surface area contributed by atoms with Gasteiger partial charge in [-0.3, -0.25) is 4.79 Å². The van der Waals surface area contributed by atoms with Crippen molar-refractivity contribution in [2.24, 2.45) is 0 Å². The molecule has 0 radical (unpaired) electrons. The topological polar surface area (TPSA) is 29.5 Å². The molecule has 0 atom stereocenters. The molecule has 0 aliphatic heterocycles. The molecule has 2 aromatic rings. The van der Waals surface area contributed by atoms with E-state index < -0.39 is 0 Å². The molecule has 0 aliphatic carbocycles. The van der Waals surface area contributed by atoms with Crippen LogP contribution in [0.2, 0.25) is 0 Å². The van der Waals surface area contributed by atoms with E-state index in [9.17, 15) is 4.79 Å². The highest BCUT2D eigenvalue weighted by molar-refractivity contribution is 9.10. The predicted molar refractivity (Wildman–Crippen MR) is 91.8 cm³/mol. The number of hydrogen-bond acceptors (Lipinski definition) is 2. The van der Waals surface area contributed by atoms with Gasteiger partial charge in [0.25, 0.3) is 5.91 Å². The van der Waals surface area contributed by atoms with Gasteiger partial charge >= 0.3 is 0 Å². The summed E-state index contributed by atoms with van der Waals surface area (Å²) in [6.07, 6.45) is 0. The van der Waals surface area contributed by atoms with E-state index in [1.165, 1.54) is 0 Å². The maximum atomic E-state index is 12.4. The van der Waals surface area contributed by atoms with E-state index in [4.69, 9.17) is 4.74 Å². The summed E-state index contributed by atoms with van der Waals surface area (Å²) in [6.45, 7) is 4.67. The Balaban J connectivity index is 1.98. The van der Waals surface area contributed by atoms with Gasteiger partial charge in [0.1, 0.15) is 5.75 Å². The van der Waals surface area contributed by atoms with Crippen LogP contribution in [0.15, 0.2) is 59.1 Å². The molecule has 0 saturated carbocycles. The maximum Gasteiger partial charge on any atom is 0.261 e. The molecule has 0 spiro atoms. The van der Waals surface area contributed by atoms with Crippen LogP contribution in [0.4, 0.5) is 0 Å². The van der Waals surface area contributed by atoms with Crippen LogP contribution in [0.25, 0.3) is 0 Å². The van der Waals surface area contributed by atoms with Gasteiger partial charge in [0.05, 0.1) is 0 Å². The number of rotatable bonds is 6. The number of halogens is 1. The van der Waals surface area contributed by atoms with E-state index in [2.05, 4.69) is 15.9 Å². The Bertz CT molecular complexity index is 613. The Morgan fingerprint density at radius 1 is 1.14 bits per heavy atom. The molecule has 2 aromatic carbocycles. The molecular formula is C18H20BrNO2. The van der Waals surface area contributed by atoms with Crippen LogP contribution in [0.5, 0.6) is 5.75 Å². The van der Waals surface area contributed by atoms with E-state index in [1.807, 2.05) is 73.3 Å². The third-order valence-corrected chi connectivity index (χ3v) is 3.79. The molecule has 4 heteroatoms. The van der Waals surface area contributed by atoms with E-state index in [0.29, 0.717) is 12.3 Å². The highest BCUT2D eigenvalue weighted by Crippen LogP contribution is 2.18. The smallest absolute Gasteiger partial charge is 0.261 e. The minimum absolute atomic E-state index is 0.0150. The molecule has 1 amide bonds. The Morgan fingerprint density at radius 2 is 1.86 bits per heavy atom. The Kier molecular flexibility index (Phi) is 6.01. The summed E-state index contributed by atoms with van der Waals surface area (Å²) >= 11 is 3.39. The van der Waals surface area contributed by atoms with Crippen LogP contribution < -0.4 is 4.74 Å².